The second kappa shape index (κ2) is 5.67. The van der Waals surface area contributed by atoms with Gasteiger partial charge < -0.3 is 9.88 Å². The molecule has 2 aromatic rings. The molecule has 18 heavy (non-hydrogen) atoms. The van der Waals surface area contributed by atoms with Crippen LogP contribution in [0, 0.1) is 0 Å². The molecule has 4 nitrogen and oxygen atoms in total. The maximum atomic E-state index is 12.1. The van der Waals surface area contributed by atoms with Gasteiger partial charge in [-0.05, 0) is 35.8 Å². The van der Waals surface area contributed by atoms with Crippen LogP contribution in [-0.4, -0.2) is 15.5 Å². The third kappa shape index (κ3) is 3.00. The standard InChI is InChI=1S/C12H14BrN3OS/c1-8(2)16-6-9(13)3-11(16)12(17)15-5-10-4-14-7-18-10/h3-4,6-8H,5H2,1-2H3,(H,15,17). The highest BCUT2D eigenvalue weighted by atomic mass is 79.9. The monoisotopic (exact) mass is 327 g/mol. The average molecular weight is 328 g/mol. The Kier molecular flexibility index (Phi) is 4.19. The Hall–Kier alpha value is -1.14. The first-order chi connectivity index (χ1) is 8.58. The Bertz CT molecular complexity index is 534. The van der Waals surface area contributed by atoms with Crippen molar-refractivity contribution in [3.05, 3.63) is 39.0 Å². The summed E-state index contributed by atoms with van der Waals surface area (Å²) < 4.78 is 2.87. The zero-order valence-corrected chi connectivity index (χ0v) is 12.6. The minimum absolute atomic E-state index is 0.0669. The largest absolute Gasteiger partial charge is 0.346 e. The highest BCUT2D eigenvalue weighted by Gasteiger charge is 2.14. The number of carbonyl (C=O) groups excluding carboxylic acids is 1. The normalized spacial score (nSPS) is 10.9. The Balaban J connectivity index is 2.09. The van der Waals surface area contributed by atoms with Crippen LogP contribution in [-0.2, 0) is 6.54 Å². The van der Waals surface area contributed by atoms with Crippen molar-refractivity contribution in [3.63, 3.8) is 0 Å². The fraction of sp³-hybridized carbons (Fsp3) is 0.333. The molecule has 2 heterocycles. The Morgan fingerprint density at radius 2 is 2.39 bits per heavy atom. The molecule has 96 valence electrons. The lowest BCUT2D eigenvalue weighted by molar-refractivity contribution is 0.0940. The zero-order chi connectivity index (χ0) is 13.1. The highest BCUT2D eigenvalue weighted by molar-refractivity contribution is 9.10. The van der Waals surface area contributed by atoms with Crippen LogP contribution < -0.4 is 5.32 Å². The number of nitrogens with one attached hydrogen (secondary N) is 1. The van der Waals surface area contributed by atoms with Crippen LogP contribution in [0.3, 0.4) is 0 Å². The van der Waals surface area contributed by atoms with E-state index in [1.165, 1.54) is 11.3 Å². The topological polar surface area (TPSA) is 46.9 Å². The SMILES string of the molecule is CC(C)n1cc(Br)cc1C(=O)NCc1cncs1. The predicted octanol–water partition coefficient (Wildman–Crippen LogP) is 3.22. The summed E-state index contributed by atoms with van der Waals surface area (Å²) in [5, 5.41) is 2.90. The molecule has 0 spiro atoms. The molecule has 1 amide bonds. The number of hydrogen-bond donors (Lipinski definition) is 1. The molecule has 1 N–H and O–H groups in total. The molecular weight excluding hydrogens is 314 g/mol. The van der Waals surface area contributed by atoms with Gasteiger partial charge in [0.2, 0.25) is 0 Å². The van der Waals surface area contributed by atoms with Gasteiger partial charge in [-0.2, -0.15) is 0 Å². The second-order valence-electron chi connectivity index (χ2n) is 4.20. The van der Waals surface area contributed by atoms with Crippen LogP contribution in [0.4, 0.5) is 0 Å². The van der Waals surface area contributed by atoms with Gasteiger partial charge in [0.15, 0.2) is 0 Å². The van der Waals surface area contributed by atoms with Crippen LogP contribution in [0.2, 0.25) is 0 Å². The summed E-state index contributed by atoms with van der Waals surface area (Å²) in [6.45, 7) is 4.61. The molecule has 0 aromatic carbocycles. The molecule has 0 saturated heterocycles. The molecule has 0 radical (unpaired) electrons. The fourth-order valence-corrected chi connectivity index (χ4v) is 2.61. The van der Waals surface area contributed by atoms with Crippen LogP contribution >= 0.6 is 27.3 Å². The smallest absolute Gasteiger partial charge is 0.268 e. The van der Waals surface area contributed by atoms with Crippen molar-refractivity contribution in [2.45, 2.75) is 26.4 Å². The molecule has 0 unspecified atom stereocenters. The van der Waals surface area contributed by atoms with Gasteiger partial charge in [-0.1, -0.05) is 0 Å². The second-order valence-corrected chi connectivity index (χ2v) is 6.08. The van der Waals surface area contributed by atoms with Crippen molar-refractivity contribution < 1.29 is 4.79 Å². The van der Waals surface area contributed by atoms with Crippen molar-refractivity contribution in [3.8, 4) is 0 Å². The summed E-state index contributed by atoms with van der Waals surface area (Å²) in [7, 11) is 0. The number of halogens is 1. The number of aromatic nitrogens is 2. The van der Waals surface area contributed by atoms with E-state index in [0.717, 1.165) is 9.35 Å². The van der Waals surface area contributed by atoms with Crippen LogP contribution in [0.1, 0.15) is 35.3 Å². The first-order valence-corrected chi connectivity index (χ1v) is 7.28. The minimum atomic E-state index is -0.0669. The van der Waals surface area contributed by atoms with Gasteiger partial charge in [-0.3, -0.25) is 9.78 Å². The molecule has 0 aliphatic heterocycles. The quantitative estimate of drug-likeness (QED) is 0.937. The maximum absolute atomic E-state index is 12.1. The molecule has 2 aromatic heterocycles. The van der Waals surface area contributed by atoms with Crippen molar-refractivity contribution in [1.29, 1.82) is 0 Å². The van der Waals surface area contributed by atoms with Gasteiger partial charge in [0.25, 0.3) is 5.91 Å². The molecule has 0 saturated carbocycles. The van der Waals surface area contributed by atoms with E-state index in [9.17, 15) is 4.79 Å². The fourth-order valence-electron chi connectivity index (χ4n) is 1.64. The number of carbonyl (C=O) groups is 1. The molecule has 0 aliphatic carbocycles. The van der Waals surface area contributed by atoms with Crippen LogP contribution in [0.15, 0.2) is 28.4 Å². The third-order valence-electron chi connectivity index (χ3n) is 2.51. The minimum Gasteiger partial charge on any atom is -0.346 e. The molecular formula is C12H14BrN3OS. The summed E-state index contributed by atoms with van der Waals surface area (Å²) in [6.07, 6.45) is 3.69. The van der Waals surface area contributed by atoms with Gasteiger partial charge in [0, 0.05) is 27.8 Å². The summed E-state index contributed by atoms with van der Waals surface area (Å²) in [6, 6.07) is 2.09. The zero-order valence-electron chi connectivity index (χ0n) is 10.2. The van der Waals surface area contributed by atoms with E-state index in [-0.39, 0.29) is 11.9 Å². The third-order valence-corrected chi connectivity index (χ3v) is 3.72. The summed E-state index contributed by atoms with van der Waals surface area (Å²) >= 11 is 4.93. The summed E-state index contributed by atoms with van der Waals surface area (Å²) in [5.41, 5.74) is 2.43. The summed E-state index contributed by atoms with van der Waals surface area (Å²) in [5.74, 6) is -0.0669. The van der Waals surface area contributed by atoms with Gasteiger partial charge in [-0.25, -0.2) is 0 Å². The van der Waals surface area contributed by atoms with Crippen LogP contribution in [0.25, 0.3) is 0 Å². The van der Waals surface area contributed by atoms with E-state index in [0.29, 0.717) is 12.2 Å². The van der Waals surface area contributed by atoms with Crippen LogP contribution in [0.5, 0.6) is 0 Å². The molecule has 0 bridgehead atoms. The van der Waals surface area contributed by atoms with E-state index in [2.05, 4.69) is 26.2 Å². The lowest BCUT2D eigenvalue weighted by Gasteiger charge is -2.12. The van der Waals surface area contributed by atoms with Gasteiger partial charge in [0.1, 0.15) is 5.69 Å². The van der Waals surface area contributed by atoms with Gasteiger partial charge in [0.05, 0.1) is 12.1 Å². The maximum Gasteiger partial charge on any atom is 0.268 e. The first kappa shape index (κ1) is 13.3. The van der Waals surface area contributed by atoms with E-state index in [4.69, 9.17) is 0 Å². The van der Waals surface area contributed by atoms with Gasteiger partial charge >= 0.3 is 0 Å². The number of amides is 1. The number of hydrogen-bond acceptors (Lipinski definition) is 3. The Morgan fingerprint density at radius 1 is 1.61 bits per heavy atom. The van der Waals surface area contributed by atoms with Crippen molar-refractivity contribution in [1.82, 2.24) is 14.9 Å². The Morgan fingerprint density at radius 3 is 3.00 bits per heavy atom. The van der Waals surface area contributed by atoms with Crippen molar-refractivity contribution in [2.75, 3.05) is 0 Å². The molecule has 2 rings (SSSR count). The van der Waals surface area contributed by atoms with E-state index < -0.39 is 0 Å². The summed E-state index contributed by atoms with van der Waals surface area (Å²) in [4.78, 5) is 17.1. The number of nitrogens with zero attached hydrogens (tertiary/aromatic N) is 2. The highest BCUT2D eigenvalue weighted by Crippen LogP contribution is 2.19. The Labute approximate surface area is 118 Å². The number of thiazole rings is 1. The van der Waals surface area contributed by atoms with Gasteiger partial charge in [-0.15, -0.1) is 11.3 Å². The lowest BCUT2D eigenvalue weighted by Crippen LogP contribution is -2.25. The van der Waals surface area contributed by atoms with E-state index in [1.807, 2.05) is 30.7 Å². The molecule has 0 fully saturated rings. The van der Waals surface area contributed by atoms with E-state index >= 15 is 0 Å². The van der Waals surface area contributed by atoms with Crippen molar-refractivity contribution in [2.24, 2.45) is 0 Å². The first-order valence-electron chi connectivity index (χ1n) is 5.61. The molecule has 6 heteroatoms. The predicted molar refractivity (Wildman–Crippen MR) is 75.8 cm³/mol. The lowest BCUT2D eigenvalue weighted by atomic mass is 10.3. The average Bonchev–Trinajstić information content (AvgIpc) is 2.94. The molecule has 0 aliphatic rings. The number of rotatable bonds is 4. The molecule has 0 atom stereocenters. The van der Waals surface area contributed by atoms with E-state index in [1.54, 1.807) is 11.7 Å². The van der Waals surface area contributed by atoms with Crippen molar-refractivity contribution >= 4 is 33.2 Å².